The van der Waals surface area contributed by atoms with Crippen molar-refractivity contribution in [1.82, 2.24) is 4.57 Å². The molecule has 0 bridgehead atoms. The summed E-state index contributed by atoms with van der Waals surface area (Å²) in [5.74, 6) is 1.74. The largest absolute Gasteiger partial charge is 0.453 e. The van der Waals surface area contributed by atoms with Crippen LogP contribution in [0.1, 0.15) is 0 Å². The van der Waals surface area contributed by atoms with Crippen molar-refractivity contribution in [2.75, 3.05) is 4.81 Å². The van der Waals surface area contributed by atoms with Crippen LogP contribution >= 0.6 is 0 Å². The maximum Gasteiger partial charge on any atom is 0.332 e. The van der Waals surface area contributed by atoms with Gasteiger partial charge in [-0.15, -0.1) is 0 Å². The summed E-state index contributed by atoms with van der Waals surface area (Å²) in [6.45, 7) is -0.0506. The minimum Gasteiger partial charge on any atom is -0.453 e. The third-order valence-electron chi connectivity index (χ3n) is 8.42. The Hall–Kier alpha value is -5.22. The maximum absolute atomic E-state index is 6.59. The van der Waals surface area contributed by atoms with Crippen LogP contribution in [0.3, 0.4) is 0 Å². The van der Waals surface area contributed by atoms with Crippen molar-refractivity contribution in [3.8, 4) is 28.3 Å². The molecule has 3 nitrogen and oxygen atoms in total. The van der Waals surface area contributed by atoms with Gasteiger partial charge in [0.15, 0.2) is 5.75 Å². The van der Waals surface area contributed by atoms with Crippen LogP contribution in [0.4, 0.5) is 11.4 Å². The lowest BCUT2D eigenvalue weighted by Crippen LogP contribution is -2.58. The van der Waals surface area contributed by atoms with Crippen LogP contribution in [0.5, 0.6) is 11.5 Å². The van der Waals surface area contributed by atoms with Crippen LogP contribution < -0.4 is 20.5 Å². The van der Waals surface area contributed by atoms with Gasteiger partial charge >= 0.3 is 6.85 Å². The van der Waals surface area contributed by atoms with Crippen LogP contribution in [-0.4, -0.2) is 11.4 Å². The van der Waals surface area contributed by atoms with Gasteiger partial charge in [0.25, 0.3) is 0 Å². The van der Waals surface area contributed by atoms with E-state index in [1.807, 2.05) is 0 Å². The predicted octanol–water partition coefficient (Wildman–Crippen LogP) is 7.81. The highest BCUT2D eigenvalue weighted by Crippen LogP contribution is 2.51. The molecule has 40 heavy (non-hydrogen) atoms. The van der Waals surface area contributed by atoms with E-state index in [-0.39, 0.29) is 6.85 Å². The summed E-state index contributed by atoms with van der Waals surface area (Å²) in [4.78, 5) is 2.52. The molecule has 2 aliphatic heterocycles. The fraction of sp³-hybridized carbons (Fsp3) is 0. The van der Waals surface area contributed by atoms with E-state index in [4.69, 9.17) is 4.74 Å². The van der Waals surface area contributed by atoms with E-state index in [9.17, 15) is 0 Å². The van der Waals surface area contributed by atoms with Gasteiger partial charge in [0.2, 0.25) is 0 Å². The molecule has 3 heterocycles. The fourth-order valence-corrected chi connectivity index (χ4v) is 6.84. The fourth-order valence-electron chi connectivity index (χ4n) is 6.84. The van der Waals surface area contributed by atoms with Gasteiger partial charge in [-0.25, -0.2) is 0 Å². The standard InChI is InChI=1S/C36H23BN2O/c1-2-12-24(13-3-1)25-15-11-23-34-36(25)39(32-21-8-9-22-33(32)40-34)37-28-17-5-7-20-31(28)38-30-19-6-4-14-26(30)27-16-10-18-29(37)35(27)38/h1-23H. The molecule has 4 heteroatoms. The van der Waals surface area contributed by atoms with Crippen LogP contribution in [0.25, 0.3) is 38.6 Å². The molecule has 0 saturated heterocycles. The van der Waals surface area contributed by atoms with Crippen molar-refractivity contribution in [3.05, 3.63) is 140 Å². The highest BCUT2D eigenvalue weighted by atomic mass is 16.5. The van der Waals surface area contributed by atoms with Crippen LogP contribution in [-0.2, 0) is 0 Å². The Labute approximate surface area is 232 Å². The van der Waals surface area contributed by atoms with Gasteiger partial charge in [0.05, 0.1) is 22.4 Å². The average molecular weight is 510 g/mol. The maximum atomic E-state index is 6.59. The van der Waals surface area contributed by atoms with Gasteiger partial charge in [-0.1, -0.05) is 109 Å². The highest BCUT2D eigenvalue weighted by Gasteiger charge is 2.42. The molecular weight excluding hydrogens is 487 g/mol. The van der Waals surface area contributed by atoms with Gasteiger partial charge in [-0.3, -0.25) is 0 Å². The summed E-state index contributed by atoms with van der Waals surface area (Å²) in [5.41, 5.74) is 10.8. The first kappa shape index (κ1) is 21.7. The highest BCUT2D eigenvalue weighted by molar-refractivity contribution is 6.92. The van der Waals surface area contributed by atoms with Crippen molar-refractivity contribution in [2.45, 2.75) is 0 Å². The van der Waals surface area contributed by atoms with E-state index >= 15 is 0 Å². The quantitative estimate of drug-likeness (QED) is 0.221. The molecule has 186 valence electrons. The number of hydrogen-bond donors (Lipinski definition) is 0. The molecule has 0 atom stereocenters. The molecule has 7 aromatic rings. The number of aromatic nitrogens is 1. The molecule has 1 aromatic heterocycles. The van der Waals surface area contributed by atoms with Gasteiger partial charge in [0, 0.05) is 22.0 Å². The summed E-state index contributed by atoms with van der Waals surface area (Å²) in [6, 6.07) is 49.9. The molecule has 0 aliphatic carbocycles. The molecule has 0 N–H and O–H groups in total. The lowest BCUT2D eigenvalue weighted by molar-refractivity contribution is 0.478. The number of rotatable bonds is 2. The monoisotopic (exact) mass is 510 g/mol. The summed E-state index contributed by atoms with van der Waals surface area (Å²) in [6.07, 6.45) is 0. The van der Waals surface area contributed by atoms with Crippen LogP contribution in [0, 0.1) is 0 Å². The smallest absolute Gasteiger partial charge is 0.332 e. The summed E-state index contributed by atoms with van der Waals surface area (Å²) >= 11 is 0. The van der Waals surface area contributed by atoms with Gasteiger partial charge in [-0.2, -0.15) is 0 Å². The molecule has 0 unspecified atom stereocenters. The number of anilines is 2. The zero-order chi connectivity index (χ0) is 26.2. The molecule has 0 radical (unpaired) electrons. The Morgan fingerprint density at radius 3 is 2.10 bits per heavy atom. The first-order chi connectivity index (χ1) is 19.9. The third-order valence-corrected chi connectivity index (χ3v) is 8.42. The van der Waals surface area contributed by atoms with Crippen LogP contribution in [0.2, 0.25) is 0 Å². The SMILES string of the molecule is c1ccc(-c2cccc3c2N(B2c4ccccc4-n4c5ccccc5c5cccc2c54)c2ccccc2O3)cc1. The predicted molar refractivity (Wildman–Crippen MR) is 166 cm³/mol. The first-order valence-corrected chi connectivity index (χ1v) is 13.7. The molecule has 0 amide bonds. The lowest BCUT2D eigenvalue weighted by atomic mass is 9.46. The topological polar surface area (TPSA) is 17.4 Å². The van der Waals surface area contributed by atoms with Crippen LogP contribution in [0.15, 0.2) is 140 Å². The van der Waals surface area contributed by atoms with Gasteiger partial charge in [-0.05, 0) is 46.8 Å². The average Bonchev–Trinajstić information content (AvgIpc) is 3.36. The summed E-state index contributed by atoms with van der Waals surface area (Å²) < 4.78 is 9.05. The molecule has 0 fully saturated rings. The zero-order valence-corrected chi connectivity index (χ0v) is 21.7. The second kappa shape index (κ2) is 8.14. The Bertz CT molecular complexity index is 2110. The van der Waals surface area contributed by atoms with E-state index in [0.29, 0.717) is 0 Å². The van der Waals surface area contributed by atoms with Crippen molar-refractivity contribution in [3.63, 3.8) is 0 Å². The lowest BCUT2D eigenvalue weighted by Gasteiger charge is -2.41. The molecule has 2 aliphatic rings. The number of hydrogen-bond acceptors (Lipinski definition) is 2. The summed E-state index contributed by atoms with van der Waals surface area (Å²) in [7, 11) is 0. The Morgan fingerprint density at radius 2 is 1.18 bits per heavy atom. The molecular formula is C36H23BN2O. The first-order valence-electron chi connectivity index (χ1n) is 13.7. The Morgan fingerprint density at radius 1 is 0.500 bits per heavy atom. The van der Waals surface area contributed by atoms with Crippen molar-refractivity contribution in [2.24, 2.45) is 0 Å². The molecule has 0 spiro atoms. The number of nitrogens with zero attached hydrogens (tertiary/aromatic N) is 2. The normalized spacial score (nSPS) is 13.1. The van der Waals surface area contributed by atoms with Gasteiger partial charge in [0.1, 0.15) is 5.75 Å². The van der Waals surface area contributed by atoms with Crippen molar-refractivity contribution in [1.29, 1.82) is 0 Å². The minimum absolute atomic E-state index is 0.0506. The Balaban J connectivity index is 1.42. The van der Waals surface area contributed by atoms with E-state index in [1.165, 1.54) is 44.0 Å². The van der Waals surface area contributed by atoms with Crippen molar-refractivity contribution < 1.29 is 4.74 Å². The van der Waals surface area contributed by atoms with Gasteiger partial charge < -0.3 is 14.1 Å². The Kier molecular flexibility index (Phi) is 4.41. The number of ether oxygens (including phenoxy) is 1. The van der Waals surface area contributed by atoms with E-state index in [1.54, 1.807) is 0 Å². The number of fused-ring (bicyclic) bond motifs is 7. The second-order valence-electron chi connectivity index (χ2n) is 10.5. The van der Waals surface area contributed by atoms with E-state index in [0.717, 1.165) is 28.4 Å². The summed E-state index contributed by atoms with van der Waals surface area (Å²) in [5, 5.41) is 2.56. The number of para-hydroxylation sites is 6. The van der Waals surface area contributed by atoms with E-state index in [2.05, 4.69) is 149 Å². The molecule has 6 aromatic carbocycles. The zero-order valence-electron chi connectivity index (χ0n) is 21.7. The van der Waals surface area contributed by atoms with Crippen molar-refractivity contribution >= 4 is 51.0 Å². The molecule has 0 saturated carbocycles. The molecule has 9 rings (SSSR count). The van der Waals surface area contributed by atoms with E-state index < -0.39 is 0 Å². The second-order valence-corrected chi connectivity index (χ2v) is 10.5. The number of benzene rings is 6. The minimum atomic E-state index is -0.0506. The third kappa shape index (κ3) is 2.85.